The lowest BCUT2D eigenvalue weighted by Gasteiger charge is -2.19. The lowest BCUT2D eigenvalue weighted by atomic mass is 10.1. The van der Waals surface area contributed by atoms with Gasteiger partial charge in [0.2, 0.25) is 0 Å². The maximum Gasteiger partial charge on any atom is 0.433 e. The third-order valence-electron chi connectivity index (χ3n) is 4.59. The van der Waals surface area contributed by atoms with E-state index in [2.05, 4.69) is 10.3 Å². The van der Waals surface area contributed by atoms with Crippen molar-refractivity contribution < 1.29 is 27.4 Å². The number of anilines is 1. The fourth-order valence-corrected chi connectivity index (χ4v) is 3.31. The Morgan fingerprint density at radius 1 is 1.13 bits per heavy atom. The number of nitrogens with one attached hydrogen (secondary N) is 1. The van der Waals surface area contributed by atoms with Gasteiger partial charge in [-0.1, -0.05) is 17.7 Å². The summed E-state index contributed by atoms with van der Waals surface area (Å²) in [6.07, 6.45) is -2.77. The molecule has 0 saturated heterocycles. The number of rotatable bonds is 4. The molecule has 0 bridgehead atoms. The van der Waals surface area contributed by atoms with E-state index in [0.29, 0.717) is 23.1 Å². The molecule has 0 atom stereocenters. The molecule has 1 amide bonds. The summed E-state index contributed by atoms with van der Waals surface area (Å²) in [5.41, 5.74) is 0.171. The second-order valence-electron chi connectivity index (χ2n) is 6.83. The van der Waals surface area contributed by atoms with Crippen molar-refractivity contribution >= 4 is 23.3 Å². The molecular weight excluding hydrogens is 433 g/mol. The number of hydrogen-bond donors (Lipinski definition) is 1. The Balaban J connectivity index is 1.45. The van der Waals surface area contributed by atoms with Crippen LogP contribution in [0.3, 0.4) is 0 Å². The van der Waals surface area contributed by atoms with E-state index in [1.807, 2.05) is 6.07 Å². The van der Waals surface area contributed by atoms with E-state index in [1.165, 1.54) is 24.3 Å². The average molecular weight is 449 g/mol. The number of halogens is 4. The highest BCUT2D eigenvalue weighted by atomic mass is 35.5. The number of pyridine rings is 1. The number of ether oxygens (including phenoxy) is 2. The zero-order valence-electron chi connectivity index (χ0n) is 16.0. The highest BCUT2D eigenvalue weighted by Crippen LogP contribution is 2.37. The monoisotopic (exact) mass is 448 g/mol. The molecule has 0 saturated carbocycles. The zero-order chi connectivity index (χ0) is 22.0. The van der Waals surface area contributed by atoms with Gasteiger partial charge in [-0.25, -0.2) is 4.98 Å². The Kier molecular flexibility index (Phi) is 5.73. The summed E-state index contributed by atoms with van der Waals surface area (Å²) in [5, 5.41) is 2.80. The molecule has 4 rings (SSSR count). The first-order valence-electron chi connectivity index (χ1n) is 9.38. The zero-order valence-corrected chi connectivity index (χ0v) is 16.8. The van der Waals surface area contributed by atoms with Crippen LogP contribution in [0.4, 0.5) is 19.0 Å². The highest BCUT2D eigenvalue weighted by molar-refractivity contribution is 6.32. The summed E-state index contributed by atoms with van der Waals surface area (Å²) in [7, 11) is 0. The van der Waals surface area contributed by atoms with Gasteiger partial charge in [-0.2, -0.15) is 13.2 Å². The maximum absolute atomic E-state index is 12.8. The molecule has 3 aromatic rings. The largest absolute Gasteiger partial charge is 0.493 e. The quantitative estimate of drug-likeness (QED) is 0.522. The van der Waals surface area contributed by atoms with Gasteiger partial charge < -0.3 is 14.8 Å². The second kappa shape index (κ2) is 8.47. The number of alkyl halides is 3. The van der Waals surface area contributed by atoms with Crippen LogP contribution in [0.25, 0.3) is 0 Å². The minimum absolute atomic E-state index is 0.194. The SMILES string of the molecule is O=C(Nc1cccc(C(F)(F)F)n1)c1ccc(Oc2cc3c(cc2Cl)CCCO3)cc1. The van der Waals surface area contributed by atoms with Gasteiger partial charge in [-0.15, -0.1) is 0 Å². The van der Waals surface area contributed by atoms with Crippen molar-refractivity contribution in [3.8, 4) is 17.2 Å². The van der Waals surface area contributed by atoms with Crippen molar-refractivity contribution in [1.29, 1.82) is 0 Å². The maximum atomic E-state index is 12.8. The number of aryl methyl sites for hydroxylation is 1. The first-order chi connectivity index (χ1) is 14.8. The molecular formula is C22H16ClF3N2O3. The molecule has 2 aromatic carbocycles. The highest BCUT2D eigenvalue weighted by Gasteiger charge is 2.32. The Morgan fingerprint density at radius 3 is 2.65 bits per heavy atom. The van der Waals surface area contributed by atoms with Crippen LogP contribution in [0.15, 0.2) is 54.6 Å². The summed E-state index contributed by atoms with van der Waals surface area (Å²) in [5.74, 6) is 0.800. The Labute approximate surface area is 180 Å². The predicted octanol–water partition coefficient (Wildman–Crippen LogP) is 6.12. The molecule has 0 fully saturated rings. The van der Waals surface area contributed by atoms with Gasteiger partial charge in [0.25, 0.3) is 5.91 Å². The third-order valence-corrected chi connectivity index (χ3v) is 4.88. The molecule has 0 aliphatic carbocycles. The summed E-state index contributed by atoms with van der Waals surface area (Å²) < 4.78 is 49.7. The van der Waals surface area contributed by atoms with Gasteiger partial charge >= 0.3 is 6.18 Å². The number of amides is 1. The number of benzene rings is 2. The predicted molar refractivity (Wildman–Crippen MR) is 109 cm³/mol. The molecule has 0 unspecified atom stereocenters. The topological polar surface area (TPSA) is 60.5 Å². The number of fused-ring (bicyclic) bond motifs is 1. The van der Waals surface area contributed by atoms with E-state index in [0.717, 1.165) is 30.2 Å². The number of carbonyl (C=O) groups excluding carboxylic acids is 1. The van der Waals surface area contributed by atoms with Gasteiger partial charge in [-0.05, 0) is 60.9 Å². The first-order valence-corrected chi connectivity index (χ1v) is 9.76. The van der Waals surface area contributed by atoms with Crippen LogP contribution in [-0.4, -0.2) is 17.5 Å². The molecule has 1 aliphatic heterocycles. The Bertz CT molecular complexity index is 1120. The smallest absolute Gasteiger partial charge is 0.433 e. The molecule has 160 valence electrons. The summed E-state index contributed by atoms with van der Waals surface area (Å²) in [6, 6.07) is 12.9. The van der Waals surface area contributed by atoms with Crippen molar-refractivity contribution in [2.45, 2.75) is 19.0 Å². The fourth-order valence-electron chi connectivity index (χ4n) is 3.08. The fraction of sp³-hybridized carbons (Fsp3) is 0.182. The number of nitrogens with zero attached hydrogens (tertiary/aromatic N) is 1. The van der Waals surface area contributed by atoms with Gasteiger partial charge in [0, 0.05) is 11.6 Å². The van der Waals surface area contributed by atoms with E-state index in [9.17, 15) is 18.0 Å². The molecule has 2 heterocycles. The number of aromatic nitrogens is 1. The van der Waals surface area contributed by atoms with Gasteiger partial charge in [0.05, 0.1) is 11.6 Å². The normalized spacial score (nSPS) is 13.2. The van der Waals surface area contributed by atoms with Crippen molar-refractivity contribution in [1.82, 2.24) is 4.98 Å². The van der Waals surface area contributed by atoms with E-state index in [-0.39, 0.29) is 11.4 Å². The lowest BCUT2D eigenvalue weighted by Crippen LogP contribution is -2.15. The number of carbonyl (C=O) groups is 1. The summed E-state index contributed by atoms with van der Waals surface area (Å²) in [6.45, 7) is 0.638. The van der Waals surface area contributed by atoms with E-state index in [4.69, 9.17) is 21.1 Å². The van der Waals surface area contributed by atoms with Crippen molar-refractivity contribution in [2.24, 2.45) is 0 Å². The molecule has 0 radical (unpaired) electrons. The van der Waals surface area contributed by atoms with Crippen LogP contribution in [0.1, 0.15) is 28.0 Å². The van der Waals surface area contributed by atoms with Crippen LogP contribution in [0, 0.1) is 0 Å². The number of hydrogen-bond acceptors (Lipinski definition) is 4. The molecule has 1 N–H and O–H groups in total. The van der Waals surface area contributed by atoms with Crippen LogP contribution in [0.5, 0.6) is 17.2 Å². The lowest BCUT2D eigenvalue weighted by molar-refractivity contribution is -0.141. The van der Waals surface area contributed by atoms with Crippen LogP contribution >= 0.6 is 11.6 Å². The summed E-state index contributed by atoms with van der Waals surface area (Å²) >= 11 is 6.30. The molecule has 1 aliphatic rings. The van der Waals surface area contributed by atoms with E-state index < -0.39 is 17.8 Å². The molecule has 9 heteroatoms. The molecule has 31 heavy (non-hydrogen) atoms. The average Bonchev–Trinajstić information content (AvgIpc) is 2.74. The molecule has 1 aromatic heterocycles. The van der Waals surface area contributed by atoms with Gasteiger partial charge in [0.15, 0.2) is 0 Å². The molecule has 0 spiro atoms. The second-order valence-corrected chi connectivity index (χ2v) is 7.24. The minimum Gasteiger partial charge on any atom is -0.493 e. The first kappa shape index (κ1) is 21.0. The van der Waals surface area contributed by atoms with Crippen molar-refractivity contribution in [2.75, 3.05) is 11.9 Å². The Morgan fingerprint density at radius 2 is 1.90 bits per heavy atom. The van der Waals surface area contributed by atoms with Gasteiger partial charge in [-0.3, -0.25) is 4.79 Å². The van der Waals surface area contributed by atoms with Crippen molar-refractivity contribution in [3.63, 3.8) is 0 Å². The van der Waals surface area contributed by atoms with E-state index in [1.54, 1.807) is 18.2 Å². The van der Waals surface area contributed by atoms with Crippen LogP contribution in [0.2, 0.25) is 5.02 Å². The third kappa shape index (κ3) is 4.91. The van der Waals surface area contributed by atoms with Gasteiger partial charge in [0.1, 0.15) is 28.8 Å². The standard InChI is InChI=1S/C22H16ClF3N2O3/c23-16-11-14-3-2-10-30-17(14)12-18(16)31-15-8-6-13(7-9-15)21(29)28-20-5-1-4-19(27-20)22(24,25)26/h1,4-9,11-12H,2-3,10H2,(H,27,28,29). The van der Waals surface area contributed by atoms with Crippen LogP contribution in [-0.2, 0) is 12.6 Å². The van der Waals surface area contributed by atoms with Crippen LogP contribution < -0.4 is 14.8 Å². The van der Waals surface area contributed by atoms with Crippen molar-refractivity contribution in [3.05, 3.63) is 76.4 Å². The summed E-state index contributed by atoms with van der Waals surface area (Å²) in [4.78, 5) is 15.8. The minimum atomic E-state index is -4.59. The molecule has 5 nitrogen and oxygen atoms in total. The van der Waals surface area contributed by atoms with E-state index >= 15 is 0 Å². The Hall–Kier alpha value is -3.26.